The first-order valence-electron chi connectivity index (χ1n) is 4.46. The molecule has 0 bridgehead atoms. The molecule has 0 rings (SSSR count). The third-order valence-electron chi connectivity index (χ3n) is 1.71. The molecule has 0 radical (unpaired) electrons. The Morgan fingerprint density at radius 3 is 2.50 bits per heavy atom. The number of hydrogen-bond acceptors (Lipinski definition) is 0. The van der Waals surface area contributed by atoms with Gasteiger partial charge >= 0.3 is 77.7 Å². The molecule has 0 aromatic heterocycles. The molecule has 0 aliphatic carbocycles. The van der Waals surface area contributed by atoms with Crippen molar-refractivity contribution < 1.29 is 0 Å². The van der Waals surface area contributed by atoms with E-state index in [1.54, 1.807) is 10.5 Å². The van der Waals surface area contributed by atoms with Crippen molar-refractivity contribution >= 4 is 33.6 Å². The van der Waals surface area contributed by atoms with Crippen molar-refractivity contribution in [2.24, 2.45) is 0 Å². The Bertz CT molecular complexity index is 97.4. The summed E-state index contributed by atoms with van der Waals surface area (Å²) in [4.78, 5) is 0. The Balaban J connectivity index is 3.30. The molecule has 0 unspecified atom stereocenters. The van der Waals surface area contributed by atoms with Crippen LogP contribution in [0.3, 0.4) is 0 Å². The van der Waals surface area contributed by atoms with Gasteiger partial charge in [-0.25, -0.2) is 0 Å². The van der Waals surface area contributed by atoms with Crippen LogP contribution in [0.2, 0.25) is 10.5 Å². The summed E-state index contributed by atoms with van der Waals surface area (Å²) in [5.41, 5.74) is 0. The normalized spacial score (nSPS) is 13.3. The second-order valence-electron chi connectivity index (χ2n) is 2.94. The molecule has 0 atom stereocenters. The van der Waals surface area contributed by atoms with Crippen molar-refractivity contribution in [2.45, 2.75) is 44.1 Å². The van der Waals surface area contributed by atoms with Crippen molar-refractivity contribution in [1.82, 2.24) is 0 Å². The van der Waals surface area contributed by atoms with Gasteiger partial charge < -0.3 is 0 Å². The van der Waals surface area contributed by atoms with Crippen LogP contribution in [0.25, 0.3) is 0 Å². The molecule has 0 aromatic rings. The van der Waals surface area contributed by atoms with Gasteiger partial charge in [0, 0.05) is 0 Å². The van der Waals surface area contributed by atoms with Crippen LogP contribution in [0, 0.1) is 0 Å². The van der Waals surface area contributed by atoms with Crippen molar-refractivity contribution in [3.05, 3.63) is 0 Å². The van der Waals surface area contributed by atoms with Gasteiger partial charge in [0.05, 0.1) is 0 Å². The molecular weight excluding hydrogens is 241 g/mol. The van der Waals surface area contributed by atoms with Crippen molar-refractivity contribution in [2.75, 3.05) is 0 Å². The van der Waals surface area contributed by atoms with Crippen LogP contribution >= 0.6 is 0 Å². The Morgan fingerprint density at radius 2 is 2.00 bits per heavy atom. The first-order valence-corrected chi connectivity index (χ1v) is 11.0. The molecular formula is C8H20Ge2. The van der Waals surface area contributed by atoms with Gasteiger partial charge in [-0.1, -0.05) is 0 Å². The molecule has 0 saturated carbocycles. The number of hydrogen-bond donors (Lipinski definition) is 0. The van der Waals surface area contributed by atoms with Crippen LogP contribution in [0.5, 0.6) is 0 Å². The van der Waals surface area contributed by atoms with Gasteiger partial charge in [0.25, 0.3) is 0 Å². The molecule has 2 heteroatoms. The quantitative estimate of drug-likeness (QED) is 0.656. The predicted molar refractivity (Wildman–Crippen MR) is 56.6 cm³/mol. The Hall–Kier alpha value is 0.956. The van der Waals surface area contributed by atoms with Gasteiger partial charge in [0.1, 0.15) is 0 Å². The van der Waals surface area contributed by atoms with Crippen LogP contribution < -0.4 is 0 Å². The van der Waals surface area contributed by atoms with Crippen LogP contribution in [-0.4, -0.2) is 33.6 Å². The summed E-state index contributed by atoms with van der Waals surface area (Å²) in [5, 5.41) is 3.20. The molecule has 0 N–H and O–H groups in total. The minimum absolute atomic E-state index is 0.0925. The van der Waals surface area contributed by atoms with Gasteiger partial charge in [-0.15, -0.1) is 0 Å². The van der Waals surface area contributed by atoms with Crippen LogP contribution in [-0.2, 0) is 0 Å². The second kappa shape index (κ2) is 8.06. The average molecular weight is 261 g/mol. The molecule has 0 spiro atoms. The molecule has 0 fully saturated rings. The van der Waals surface area contributed by atoms with Crippen molar-refractivity contribution in [1.29, 1.82) is 0 Å². The first-order chi connectivity index (χ1) is 4.81. The van der Waals surface area contributed by atoms with Crippen molar-refractivity contribution in [3.8, 4) is 0 Å². The monoisotopic (exact) mass is 264 g/mol. The molecule has 0 aliphatic heterocycles. The summed E-state index contributed by atoms with van der Waals surface area (Å²) in [6, 6.07) is 0. The molecule has 10 heavy (non-hydrogen) atoms. The average Bonchev–Trinajstić information content (AvgIpc) is 1.97. The zero-order valence-corrected chi connectivity index (χ0v) is 13.0. The predicted octanol–water partition coefficient (Wildman–Crippen LogP) is 1.40. The van der Waals surface area contributed by atoms with Gasteiger partial charge in [0.2, 0.25) is 0 Å². The van der Waals surface area contributed by atoms with E-state index in [0.717, 1.165) is 0 Å². The van der Waals surface area contributed by atoms with E-state index in [2.05, 4.69) is 20.8 Å². The second-order valence-corrected chi connectivity index (χ2v) is 15.5. The van der Waals surface area contributed by atoms with E-state index in [1.165, 1.54) is 12.8 Å². The minimum atomic E-state index is -0.0925. The van der Waals surface area contributed by atoms with Crippen LogP contribution in [0.15, 0.2) is 0 Å². The maximum atomic E-state index is 2.45. The molecule has 0 saturated heterocycles. The molecule has 0 aliphatic rings. The standard InChI is InChI=1S/C8H20Ge2/c1-4-6-9-8(3)10-7-5-2/h9H,4-7,10H2,1-3H3. The zero-order chi connectivity index (χ0) is 7.82. The summed E-state index contributed by atoms with van der Waals surface area (Å²) in [7, 11) is 0. The fourth-order valence-electron chi connectivity index (χ4n) is 0.948. The van der Waals surface area contributed by atoms with Gasteiger partial charge in [-0.3, -0.25) is 0 Å². The summed E-state index contributed by atoms with van der Waals surface area (Å²) >= 11 is 0.0822. The first kappa shape index (κ1) is 11.0. The Morgan fingerprint density at radius 1 is 1.30 bits per heavy atom. The van der Waals surface area contributed by atoms with Gasteiger partial charge in [-0.05, 0) is 0 Å². The number of rotatable bonds is 5. The van der Waals surface area contributed by atoms with Gasteiger partial charge in [0.15, 0.2) is 0 Å². The molecule has 0 heterocycles. The van der Waals surface area contributed by atoms with Crippen LogP contribution in [0.1, 0.15) is 33.6 Å². The molecule has 0 amide bonds. The van der Waals surface area contributed by atoms with E-state index >= 15 is 0 Å². The van der Waals surface area contributed by atoms with E-state index < -0.39 is 0 Å². The van der Waals surface area contributed by atoms with Crippen molar-refractivity contribution in [3.63, 3.8) is 0 Å². The fraction of sp³-hybridized carbons (Fsp3) is 0.875. The summed E-state index contributed by atoms with van der Waals surface area (Å²) < 4.78 is 2.04. The van der Waals surface area contributed by atoms with Gasteiger partial charge in [-0.2, -0.15) is 0 Å². The van der Waals surface area contributed by atoms with Crippen LogP contribution in [0.4, 0.5) is 0 Å². The topological polar surface area (TPSA) is 0 Å². The SMILES string of the molecule is CC[CH2][GeH]=[C](C)[GeH2][CH2]CC. The zero-order valence-electron chi connectivity index (χ0n) is 7.61. The van der Waals surface area contributed by atoms with E-state index in [0.29, 0.717) is 0 Å². The maximum absolute atomic E-state index is 2.45. The third kappa shape index (κ3) is 7.07. The molecule has 0 nitrogen and oxygen atoms in total. The summed E-state index contributed by atoms with van der Waals surface area (Å²) in [6.07, 6.45) is 2.88. The van der Waals surface area contributed by atoms with E-state index in [-0.39, 0.29) is 30.4 Å². The summed E-state index contributed by atoms with van der Waals surface area (Å²) in [6.45, 7) is 7.09. The molecule has 60 valence electrons. The summed E-state index contributed by atoms with van der Waals surface area (Å²) in [5.74, 6) is 0. The fourth-order valence-corrected chi connectivity index (χ4v) is 11.6. The van der Waals surface area contributed by atoms with E-state index in [9.17, 15) is 0 Å². The van der Waals surface area contributed by atoms with E-state index in [1.807, 2.05) is 3.18 Å². The van der Waals surface area contributed by atoms with E-state index in [4.69, 9.17) is 0 Å². The molecule has 0 aromatic carbocycles. The Kier molecular flexibility index (Phi) is 8.83. The Labute approximate surface area is 77.6 Å². The third-order valence-corrected chi connectivity index (χ3v) is 15.2.